The first-order valence-corrected chi connectivity index (χ1v) is 7.01. The molecular formula is C15H21N3O3. The van der Waals surface area contributed by atoms with Crippen LogP contribution in [0.5, 0.6) is 0 Å². The molecule has 2 rings (SSSR count). The van der Waals surface area contributed by atoms with Crippen LogP contribution in [0.15, 0.2) is 18.2 Å². The zero-order valence-corrected chi connectivity index (χ0v) is 12.4. The molecule has 0 radical (unpaired) electrons. The SMILES string of the molecule is COC(=O)c1cccc(N2CCC(NC(C)=O)CC2)c1N. The minimum absolute atomic E-state index is 0.000604. The number of ether oxygens (including phenoxy) is 1. The molecule has 3 N–H and O–H groups in total. The van der Waals surface area contributed by atoms with Crippen molar-refractivity contribution >= 4 is 23.3 Å². The van der Waals surface area contributed by atoms with E-state index in [2.05, 4.69) is 10.2 Å². The van der Waals surface area contributed by atoms with Gasteiger partial charge in [-0.05, 0) is 25.0 Å². The van der Waals surface area contributed by atoms with E-state index in [4.69, 9.17) is 10.5 Å². The summed E-state index contributed by atoms with van der Waals surface area (Å²) in [5, 5.41) is 2.94. The summed E-state index contributed by atoms with van der Waals surface area (Å²) in [6.45, 7) is 3.11. The van der Waals surface area contributed by atoms with Crippen LogP contribution in [0.4, 0.5) is 11.4 Å². The number of amides is 1. The molecule has 0 spiro atoms. The average Bonchev–Trinajstić information content (AvgIpc) is 2.47. The molecule has 0 aliphatic carbocycles. The Hall–Kier alpha value is -2.24. The van der Waals surface area contributed by atoms with Crippen LogP contribution in [-0.4, -0.2) is 38.1 Å². The van der Waals surface area contributed by atoms with Crippen molar-refractivity contribution < 1.29 is 14.3 Å². The number of hydrogen-bond donors (Lipinski definition) is 2. The lowest BCUT2D eigenvalue weighted by atomic mass is 10.0. The molecule has 0 bridgehead atoms. The highest BCUT2D eigenvalue weighted by Gasteiger charge is 2.23. The third-order valence-corrected chi connectivity index (χ3v) is 3.73. The van der Waals surface area contributed by atoms with Gasteiger partial charge in [0.25, 0.3) is 0 Å². The Bertz CT molecular complexity index is 537. The molecule has 1 fully saturated rings. The highest BCUT2D eigenvalue weighted by atomic mass is 16.5. The number of carbonyl (C=O) groups excluding carboxylic acids is 2. The molecule has 0 unspecified atom stereocenters. The van der Waals surface area contributed by atoms with Gasteiger partial charge in [-0.3, -0.25) is 4.79 Å². The predicted molar refractivity (Wildman–Crippen MR) is 81.2 cm³/mol. The van der Waals surface area contributed by atoms with Gasteiger partial charge in [0.2, 0.25) is 5.91 Å². The van der Waals surface area contributed by atoms with Crippen LogP contribution in [-0.2, 0) is 9.53 Å². The lowest BCUT2D eigenvalue weighted by Crippen LogP contribution is -2.44. The first-order chi connectivity index (χ1) is 10.0. The Morgan fingerprint density at radius 1 is 1.33 bits per heavy atom. The summed E-state index contributed by atoms with van der Waals surface area (Å²) in [4.78, 5) is 24.9. The number of rotatable bonds is 3. The quantitative estimate of drug-likeness (QED) is 0.645. The maximum atomic E-state index is 11.7. The molecule has 0 saturated carbocycles. The molecule has 1 aromatic rings. The molecule has 1 aliphatic heterocycles. The third-order valence-electron chi connectivity index (χ3n) is 3.73. The average molecular weight is 291 g/mol. The highest BCUT2D eigenvalue weighted by Crippen LogP contribution is 2.29. The van der Waals surface area contributed by atoms with E-state index in [0.29, 0.717) is 11.3 Å². The minimum atomic E-state index is -0.428. The third kappa shape index (κ3) is 3.45. The van der Waals surface area contributed by atoms with Gasteiger partial charge in [-0.15, -0.1) is 0 Å². The molecule has 1 heterocycles. The number of nitrogens with two attached hydrogens (primary N) is 1. The topological polar surface area (TPSA) is 84.7 Å². The second-order valence-corrected chi connectivity index (χ2v) is 5.19. The second kappa shape index (κ2) is 6.47. The molecule has 114 valence electrons. The molecule has 1 aromatic carbocycles. The number of methoxy groups -OCH3 is 1. The first kappa shape index (κ1) is 15.2. The smallest absolute Gasteiger partial charge is 0.340 e. The van der Waals surface area contributed by atoms with E-state index >= 15 is 0 Å². The largest absolute Gasteiger partial charge is 0.465 e. The lowest BCUT2D eigenvalue weighted by molar-refractivity contribution is -0.119. The van der Waals surface area contributed by atoms with Crippen molar-refractivity contribution in [1.29, 1.82) is 0 Å². The van der Waals surface area contributed by atoms with Crippen LogP contribution in [0.25, 0.3) is 0 Å². The number of para-hydroxylation sites is 1. The van der Waals surface area contributed by atoms with E-state index in [9.17, 15) is 9.59 Å². The zero-order chi connectivity index (χ0) is 15.4. The van der Waals surface area contributed by atoms with Crippen LogP contribution >= 0.6 is 0 Å². The maximum Gasteiger partial charge on any atom is 0.340 e. The summed E-state index contributed by atoms with van der Waals surface area (Å²) in [7, 11) is 1.34. The van der Waals surface area contributed by atoms with Crippen molar-refractivity contribution in [2.75, 3.05) is 30.8 Å². The summed E-state index contributed by atoms with van der Waals surface area (Å²) in [5.41, 5.74) is 7.77. The van der Waals surface area contributed by atoms with Crippen molar-refractivity contribution in [2.24, 2.45) is 0 Å². The van der Waals surface area contributed by atoms with Gasteiger partial charge in [0.1, 0.15) is 0 Å². The molecular weight excluding hydrogens is 270 g/mol. The summed E-state index contributed by atoms with van der Waals surface area (Å²) >= 11 is 0. The molecule has 6 heteroatoms. The summed E-state index contributed by atoms with van der Waals surface area (Å²) < 4.78 is 4.74. The fraction of sp³-hybridized carbons (Fsp3) is 0.467. The Balaban J connectivity index is 2.10. The van der Waals surface area contributed by atoms with Crippen LogP contribution in [0.2, 0.25) is 0 Å². The van der Waals surface area contributed by atoms with Gasteiger partial charge in [-0.1, -0.05) is 6.07 Å². The minimum Gasteiger partial charge on any atom is -0.465 e. The number of benzene rings is 1. The van der Waals surface area contributed by atoms with E-state index in [1.165, 1.54) is 14.0 Å². The van der Waals surface area contributed by atoms with Gasteiger partial charge < -0.3 is 20.7 Å². The van der Waals surface area contributed by atoms with Gasteiger partial charge in [-0.2, -0.15) is 0 Å². The summed E-state index contributed by atoms with van der Waals surface area (Å²) in [5.74, 6) is -0.428. The summed E-state index contributed by atoms with van der Waals surface area (Å²) in [6.07, 6.45) is 1.73. The second-order valence-electron chi connectivity index (χ2n) is 5.19. The van der Waals surface area contributed by atoms with Gasteiger partial charge >= 0.3 is 5.97 Å². The van der Waals surface area contributed by atoms with Gasteiger partial charge in [0.05, 0.1) is 24.0 Å². The molecule has 1 amide bonds. The van der Waals surface area contributed by atoms with Crippen LogP contribution in [0, 0.1) is 0 Å². The fourth-order valence-electron chi connectivity index (χ4n) is 2.67. The molecule has 21 heavy (non-hydrogen) atoms. The number of carbonyl (C=O) groups is 2. The molecule has 6 nitrogen and oxygen atoms in total. The Morgan fingerprint density at radius 2 is 2.00 bits per heavy atom. The lowest BCUT2D eigenvalue weighted by Gasteiger charge is -2.34. The number of nitrogens with one attached hydrogen (secondary N) is 1. The van der Waals surface area contributed by atoms with Crippen LogP contribution in [0.3, 0.4) is 0 Å². The van der Waals surface area contributed by atoms with E-state index in [-0.39, 0.29) is 11.9 Å². The molecule has 1 saturated heterocycles. The number of nitrogen functional groups attached to an aromatic ring is 1. The van der Waals surface area contributed by atoms with E-state index in [1.54, 1.807) is 12.1 Å². The van der Waals surface area contributed by atoms with E-state index < -0.39 is 5.97 Å². The standard InChI is InChI=1S/C15H21N3O3/c1-10(19)17-11-6-8-18(9-7-11)13-5-3-4-12(14(13)16)15(20)21-2/h3-5,11H,6-9,16H2,1-2H3,(H,17,19). The normalized spacial score (nSPS) is 15.6. The van der Waals surface area contributed by atoms with Crippen molar-refractivity contribution in [3.63, 3.8) is 0 Å². The van der Waals surface area contributed by atoms with E-state index in [1.807, 2.05) is 6.07 Å². The van der Waals surface area contributed by atoms with Gasteiger partial charge in [0.15, 0.2) is 0 Å². The van der Waals surface area contributed by atoms with Gasteiger partial charge in [0, 0.05) is 26.1 Å². The zero-order valence-electron chi connectivity index (χ0n) is 12.4. The van der Waals surface area contributed by atoms with Crippen LogP contribution in [0.1, 0.15) is 30.1 Å². The van der Waals surface area contributed by atoms with Crippen LogP contribution < -0.4 is 16.0 Å². The monoisotopic (exact) mass is 291 g/mol. The molecule has 1 aliphatic rings. The fourth-order valence-corrected chi connectivity index (χ4v) is 2.67. The van der Waals surface area contributed by atoms with Crippen molar-refractivity contribution in [2.45, 2.75) is 25.8 Å². The Kier molecular flexibility index (Phi) is 4.67. The van der Waals surface area contributed by atoms with Crippen molar-refractivity contribution in [3.05, 3.63) is 23.8 Å². The number of esters is 1. The number of nitrogens with zero attached hydrogens (tertiary/aromatic N) is 1. The number of hydrogen-bond acceptors (Lipinski definition) is 5. The highest BCUT2D eigenvalue weighted by molar-refractivity contribution is 5.98. The Labute approximate surface area is 124 Å². The Morgan fingerprint density at radius 3 is 2.57 bits per heavy atom. The molecule has 0 atom stereocenters. The maximum absolute atomic E-state index is 11.7. The van der Waals surface area contributed by atoms with Gasteiger partial charge in [-0.25, -0.2) is 4.79 Å². The molecule has 0 aromatic heterocycles. The van der Waals surface area contributed by atoms with Crippen molar-refractivity contribution in [3.8, 4) is 0 Å². The van der Waals surface area contributed by atoms with E-state index in [0.717, 1.165) is 31.6 Å². The summed E-state index contributed by atoms with van der Waals surface area (Å²) in [6, 6.07) is 5.58. The first-order valence-electron chi connectivity index (χ1n) is 7.01. The van der Waals surface area contributed by atoms with Crippen molar-refractivity contribution in [1.82, 2.24) is 5.32 Å². The number of anilines is 2. The number of piperidine rings is 1. The predicted octanol–water partition coefficient (Wildman–Crippen LogP) is 1.16.